The Bertz CT molecular complexity index is 689. The lowest BCUT2D eigenvalue weighted by molar-refractivity contribution is -0.0495. The third-order valence-corrected chi connectivity index (χ3v) is 3.29. The van der Waals surface area contributed by atoms with E-state index in [1.165, 1.54) is 16.8 Å². The maximum absolute atomic E-state index is 12.5. The second-order valence-corrected chi connectivity index (χ2v) is 5.19. The van der Waals surface area contributed by atoms with Gasteiger partial charge in [0, 0.05) is 17.1 Å². The second kappa shape index (κ2) is 6.87. The molecule has 5 nitrogen and oxygen atoms in total. The summed E-state index contributed by atoms with van der Waals surface area (Å²) in [5.41, 5.74) is 0.963. The lowest BCUT2D eigenvalue weighted by Gasteiger charge is -2.11. The highest BCUT2D eigenvalue weighted by Crippen LogP contribution is 2.34. The highest BCUT2D eigenvalue weighted by atomic mass is 79.9. The molecule has 8 heteroatoms. The fourth-order valence-corrected chi connectivity index (χ4v) is 2.27. The van der Waals surface area contributed by atoms with Gasteiger partial charge in [-0.25, -0.2) is 4.79 Å². The zero-order chi connectivity index (χ0) is 16.3. The number of esters is 1. The van der Waals surface area contributed by atoms with Crippen LogP contribution in [0.1, 0.15) is 17.4 Å². The SMILES string of the molecule is CCOC(=O)c1cc(-c2ccc(Br)cc2OC(F)F)n(C)n1. The molecule has 0 atom stereocenters. The number of alkyl halides is 2. The summed E-state index contributed by atoms with van der Waals surface area (Å²) in [7, 11) is 1.60. The number of rotatable bonds is 5. The summed E-state index contributed by atoms with van der Waals surface area (Å²) in [6.45, 7) is -1.04. The van der Waals surface area contributed by atoms with Crippen LogP contribution in [0.2, 0.25) is 0 Å². The summed E-state index contributed by atoms with van der Waals surface area (Å²) in [4.78, 5) is 11.7. The molecule has 0 saturated heterocycles. The molecule has 22 heavy (non-hydrogen) atoms. The van der Waals surface area contributed by atoms with E-state index in [9.17, 15) is 13.6 Å². The number of ether oxygens (including phenoxy) is 2. The third-order valence-electron chi connectivity index (χ3n) is 2.80. The molecule has 0 saturated carbocycles. The van der Waals surface area contributed by atoms with Gasteiger partial charge in [-0.05, 0) is 31.2 Å². The summed E-state index contributed by atoms with van der Waals surface area (Å²) in [6.07, 6.45) is 0. The molecule has 0 bridgehead atoms. The summed E-state index contributed by atoms with van der Waals surface area (Å²) in [6, 6.07) is 6.19. The first-order chi connectivity index (χ1) is 10.4. The molecule has 0 radical (unpaired) electrons. The minimum atomic E-state index is -2.95. The van der Waals surface area contributed by atoms with Crippen LogP contribution in [-0.4, -0.2) is 29.0 Å². The van der Waals surface area contributed by atoms with Crippen molar-refractivity contribution in [1.82, 2.24) is 9.78 Å². The van der Waals surface area contributed by atoms with Gasteiger partial charge in [-0.3, -0.25) is 4.68 Å². The summed E-state index contributed by atoms with van der Waals surface area (Å²) in [5, 5.41) is 4.04. The van der Waals surface area contributed by atoms with Crippen molar-refractivity contribution < 1.29 is 23.0 Å². The van der Waals surface area contributed by atoms with Crippen molar-refractivity contribution >= 4 is 21.9 Å². The number of aryl methyl sites for hydroxylation is 1. The predicted octanol–water partition coefficient (Wildman–Crippen LogP) is 3.63. The van der Waals surface area contributed by atoms with Gasteiger partial charge >= 0.3 is 12.6 Å². The normalized spacial score (nSPS) is 10.8. The van der Waals surface area contributed by atoms with Crippen LogP contribution in [0.3, 0.4) is 0 Å². The molecule has 1 aromatic heterocycles. The first-order valence-corrected chi connectivity index (χ1v) is 7.17. The Morgan fingerprint density at radius 1 is 1.41 bits per heavy atom. The van der Waals surface area contributed by atoms with Crippen LogP contribution in [0.15, 0.2) is 28.7 Å². The summed E-state index contributed by atoms with van der Waals surface area (Å²) >= 11 is 3.20. The van der Waals surface area contributed by atoms with Crippen LogP contribution >= 0.6 is 15.9 Å². The van der Waals surface area contributed by atoms with Gasteiger partial charge < -0.3 is 9.47 Å². The summed E-state index contributed by atoms with van der Waals surface area (Å²) < 4.78 is 36.5. The quantitative estimate of drug-likeness (QED) is 0.749. The Kier molecular flexibility index (Phi) is 5.12. The third kappa shape index (κ3) is 3.62. The molecule has 2 rings (SSSR count). The van der Waals surface area contributed by atoms with E-state index in [2.05, 4.69) is 25.8 Å². The van der Waals surface area contributed by atoms with Crippen molar-refractivity contribution in [1.29, 1.82) is 0 Å². The fourth-order valence-electron chi connectivity index (χ4n) is 1.93. The van der Waals surface area contributed by atoms with Crippen molar-refractivity contribution in [2.45, 2.75) is 13.5 Å². The molecular formula is C14H13BrF2N2O3. The Balaban J connectivity index is 2.45. The van der Waals surface area contributed by atoms with Gasteiger partial charge in [0.05, 0.1) is 12.3 Å². The molecule has 0 N–H and O–H groups in total. The van der Waals surface area contributed by atoms with E-state index in [4.69, 9.17) is 4.74 Å². The lowest BCUT2D eigenvalue weighted by atomic mass is 10.1. The van der Waals surface area contributed by atoms with Gasteiger partial charge in [0.15, 0.2) is 5.69 Å². The molecule has 0 aliphatic rings. The van der Waals surface area contributed by atoms with Crippen LogP contribution in [0.25, 0.3) is 11.3 Å². The number of carbonyl (C=O) groups excluding carboxylic acids is 1. The molecule has 1 heterocycles. The molecule has 0 fully saturated rings. The molecule has 1 aromatic carbocycles. The highest BCUT2D eigenvalue weighted by Gasteiger charge is 2.19. The first-order valence-electron chi connectivity index (χ1n) is 6.38. The molecule has 2 aromatic rings. The van der Waals surface area contributed by atoms with E-state index >= 15 is 0 Å². The smallest absolute Gasteiger partial charge is 0.387 e. The lowest BCUT2D eigenvalue weighted by Crippen LogP contribution is -2.06. The number of benzene rings is 1. The van der Waals surface area contributed by atoms with Crippen LogP contribution in [0.4, 0.5) is 8.78 Å². The summed E-state index contributed by atoms with van der Waals surface area (Å²) in [5.74, 6) is -0.583. The maximum atomic E-state index is 12.5. The maximum Gasteiger partial charge on any atom is 0.387 e. The molecule has 0 aliphatic heterocycles. The van der Waals surface area contributed by atoms with Crippen molar-refractivity contribution in [2.75, 3.05) is 6.61 Å². The zero-order valence-electron chi connectivity index (χ0n) is 11.8. The Morgan fingerprint density at radius 2 is 2.14 bits per heavy atom. The Hall–Kier alpha value is -1.96. The number of halogens is 3. The van der Waals surface area contributed by atoms with Crippen LogP contribution in [-0.2, 0) is 11.8 Å². The predicted molar refractivity (Wildman–Crippen MR) is 78.9 cm³/mol. The number of hydrogen-bond acceptors (Lipinski definition) is 4. The van der Waals surface area contributed by atoms with Crippen LogP contribution in [0.5, 0.6) is 5.75 Å². The van der Waals surface area contributed by atoms with E-state index in [1.54, 1.807) is 26.1 Å². The molecule has 0 amide bonds. The number of aromatic nitrogens is 2. The van der Waals surface area contributed by atoms with Crippen molar-refractivity contribution in [3.63, 3.8) is 0 Å². The minimum Gasteiger partial charge on any atom is -0.461 e. The van der Waals surface area contributed by atoms with Crippen LogP contribution < -0.4 is 4.74 Å². The molecule has 0 aliphatic carbocycles. The van der Waals surface area contributed by atoms with Gasteiger partial charge in [0.25, 0.3) is 0 Å². The van der Waals surface area contributed by atoms with Crippen molar-refractivity contribution in [3.8, 4) is 17.0 Å². The second-order valence-electron chi connectivity index (χ2n) is 4.28. The minimum absolute atomic E-state index is 0.0113. The first kappa shape index (κ1) is 16.4. The Labute approximate surface area is 134 Å². The van der Waals surface area contributed by atoms with E-state index in [0.29, 0.717) is 15.7 Å². The topological polar surface area (TPSA) is 53.4 Å². The average Bonchev–Trinajstić information content (AvgIpc) is 2.81. The molecule has 0 unspecified atom stereocenters. The zero-order valence-corrected chi connectivity index (χ0v) is 13.4. The average molecular weight is 375 g/mol. The van der Waals surface area contributed by atoms with E-state index in [-0.39, 0.29) is 18.1 Å². The largest absolute Gasteiger partial charge is 0.461 e. The van der Waals surface area contributed by atoms with Gasteiger partial charge in [0.2, 0.25) is 0 Å². The number of carbonyl (C=O) groups is 1. The van der Waals surface area contributed by atoms with E-state index in [1.807, 2.05) is 0 Å². The van der Waals surface area contributed by atoms with Gasteiger partial charge in [-0.2, -0.15) is 13.9 Å². The molecule has 118 valence electrons. The van der Waals surface area contributed by atoms with Crippen molar-refractivity contribution in [3.05, 3.63) is 34.4 Å². The number of nitrogens with zero attached hydrogens (tertiary/aromatic N) is 2. The molecule has 0 spiro atoms. The standard InChI is InChI=1S/C14H13BrF2N2O3/c1-3-21-13(20)10-7-11(19(2)18-10)9-5-4-8(15)6-12(9)22-14(16)17/h4-7,14H,3H2,1-2H3. The van der Waals surface area contributed by atoms with Gasteiger partial charge in [-0.15, -0.1) is 0 Å². The molecular weight excluding hydrogens is 362 g/mol. The van der Waals surface area contributed by atoms with E-state index < -0.39 is 12.6 Å². The van der Waals surface area contributed by atoms with Crippen LogP contribution in [0, 0.1) is 0 Å². The van der Waals surface area contributed by atoms with Crippen molar-refractivity contribution in [2.24, 2.45) is 7.05 Å². The number of hydrogen-bond donors (Lipinski definition) is 0. The van der Waals surface area contributed by atoms with Gasteiger partial charge in [0.1, 0.15) is 5.75 Å². The Morgan fingerprint density at radius 3 is 2.77 bits per heavy atom. The monoisotopic (exact) mass is 374 g/mol. The fraction of sp³-hybridized carbons (Fsp3) is 0.286. The highest BCUT2D eigenvalue weighted by molar-refractivity contribution is 9.10. The van der Waals surface area contributed by atoms with Gasteiger partial charge in [-0.1, -0.05) is 15.9 Å². The van der Waals surface area contributed by atoms with E-state index in [0.717, 1.165) is 0 Å².